The largest absolute Gasteiger partial charge is 0.347 e. The van der Waals surface area contributed by atoms with Crippen molar-refractivity contribution in [1.29, 1.82) is 0 Å². The molecule has 18 heavy (non-hydrogen) atoms. The molecule has 1 aromatic rings. The van der Waals surface area contributed by atoms with Crippen molar-refractivity contribution in [2.45, 2.75) is 18.6 Å². The van der Waals surface area contributed by atoms with Gasteiger partial charge in [0, 0.05) is 32.4 Å². The number of aromatic nitrogens is 2. The number of hydrogen-bond donors (Lipinski definition) is 0. The van der Waals surface area contributed by atoms with Gasteiger partial charge in [-0.15, -0.1) is 0 Å². The van der Waals surface area contributed by atoms with Gasteiger partial charge >= 0.3 is 0 Å². The van der Waals surface area contributed by atoms with E-state index in [0.717, 1.165) is 19.4 Å². The number of ether oxygens (including phenoxy) is 2. The maximum atomic E-state index is 12.0. The molecule has 0 saturated carbocycles. The summed E-state index contributed by atoms with van der Waals surface area (Å²) in [5.74, 6) is -0.0426. The fourth-order valence-electron chi connectivity index (χ4n) is 2.60. The van der Waals surface area contributed by atoms with Gasteiger partial charge in [0.05, 0.1) is 19.8 Å². The zero-order valence-corrected chi connectivity index (χ0v) is 10.5. The Balaban J connectivity index is 1.88. The van der Waals surface area contributed by atoms with Crippen molar-refractivity contribution in [3.05, 3.63) is 22.7 Å². The van der Waals surface area contributed by atoms with E-state index in [1.54, 1.807) is 24.0 Å². The van der Waals surface area contributed by atoms with Gasteiger partial charge in [0.25, 0.3) is 5.56 Å². The average Bonchev–Trinajstić information content (AvgIpc) is 2.81. The molecule has 3 rings (SSSR count). The summed E-state index contributed by atoms with van der Waals surface area (Å²) in [5, 5.41) is 0. The lowest BCUT2D eigenvalue weighted by Crippen LogP contribution is -2.50. The van der Waals surface area contributed by atoms with Crippen LogP contribution in [0.25, 0.3) is 0 Å². The lowest BCUT2D eigenvalue weighted by Gasteiger charge is -2.38. The normalized spacial score (nSPS) is 22.6. The first-order valence-electron chi connectivity index (χ1n) is 6.25. The summed E-state index contributed by atoms with van der Waals surface area (Å²) in [7, 11) is 1.73. The molecule has 6 nitrogen and oxygen atoms in total. The summed E-state index contributed by atoms with van der Waals surface area (Å²) in [4.78, 5) is 18.2. The minimum atomic E-state index is -0.527. The Kier molecular flexibility index (Phi) is 2.83. The molecule has 1 aromatic heterocycles. The smallest absolute Gasteiger partial charge is 0.293 e. The van der Waals surface area contributed by atoms with Gasteiger partial charge in [0.15, 0.2) is 11.6 Å². The highest BCUT2D eigenvalue weighted by Crippen LogP contribution is 2.30. The molecule has 1 spiro atoms. The Morgan fingerprint density at radius 3 is 2.94 bits per heavy atom. The Hall–Kier alpha value is -1.40. The van der Waals surface area contributed by atoms with Crippen LogP contribution in [0.3, 0.4) is 0 Å². The van der Waals surface area contributed by atoms with Crippen LogP contribution >= 0.6 is 0 Å². The van der Waals surface area contributed by atoms with Crippen molar-refractivity contribution < 1.29 is 9.47 Å². The second kappa shape index (κ2) is 4.37. The number of anilines is 1. The monoisotopic (exact) mass is 251 g/mol. The van der Waals surface area contributed by atoms with Gasteiger partial charge in [-0.1, -0.05) is 0 Å². The number of rotatable bonds is 1. The molecule has 0 unspecified atom stereocenters. The molecule has 0 radical (unpaired) electrons. The highest BCUT2D eigenvalue weighted by molar-refractivity contribution is 5.36. The summed E-state index contributed by atoms with van der Waals surface area (Å²) >= 11 is 0. The molecule has 2 saturated heterocycles. The van der Waals surface area contributed by atoms with Crippen LogP contribution in [0.15, 0.2) is 17.2 Å². The van der Waals surface area contributed by atoms with Crippen LogP contribution in [0.5, 0.6) is 0 Å². The molecule has 3 heterocycles. The first-order valence-corrected chi connectivity index (χ1v) is 6.25. The maximum Gasteiger partial charge on any atom is 0.293 e. The maximum absolute atomic E-state index is 12.0. The highest BCUT2D eigenvalue weighted by atomic mass is 16.7. The minimum Gasteiger partial charge on any atom is -0.347 e. The predicted octanol–water partition coefficient (Wildman–Crippen LogP) is 0.124. The Morgan fingerprint density at radius 2 is 2.17 bits per heavy atom. The van der Waals surface area contributed by atoms with Crippen LogP contribution < -0.4 is 10.5 Å². The van der Waals surface area contributed by atoms with Crippen LogP contribution in [0.1, 0.15) is 12.8 Å². The number of nitrogens with zero attached hydrogens (tertiary/aromatic N) is 3. The molecule has 2 aliphatic rings. The van der Waals surface area contributed by atoms with Gasteiger partial charge in [-0.2, -0.15) is 0 Å². The molecule has 98 valence electrons. The van der Waals surface area contributed by atoms with Crippen molar-refractivity contribution in [3.63, 3.8) is 0 Å². The van der Waals surface area contributed by atoms with Gasteiger partial charge in [0.1, 0.15) is 0 Å². The summed E-state index contributed by atoms with van der Waals surface area (Å²) < 4.78 is 12.9. The van der Waals surface area contributed by atoms with Crippen molar-refractivity contribution in [2.24, 2.45) is 7.05 Å². The van der Waals surface area contributed by atoms with E-state index >= 15 is 0 Å². The van der Waals surface area contributed by atoms with E-state index in [1.165, 1.54) is 0 Å². The predicted molar refractivity (Wildman–Crippen MR) is 65.6 cm³/mol. The molecule has 0 N–H and O–H groups in total. The van der Waals surface area contributed by atoms with E-state index < -0.39 is 5.79 Å². The van der Waals surface area contributed by atoms with Gasteiger partial charge in [-0.25, -0.2) is 4.98 Å². The van der Waals surface area contributed by atoms with Crippen LogP contribution in [-0.2, 0) is 16.5 Å². The Bertz CT molecular complexity index is 494. The molecule has 6 heteroatoms. The van der Waals surface area contributed by atoms with E-state index in [-0.39, 0.29) is 5.56 Å². The van der Waals surface area contributed by atoms with E-state index in [1.807, 2.05) is 4.90 Å². The van der Waals surface area contributed by atoms with Gasteiger partial charge in [-0.05, 0) is 6.42 Å². The van der Waals surface area contributed by atoms with Crippen molar-refractivity contribution in [1.82, 2.24) is 9.55 Å². The topological polar surface area (TPSA) is 56.6 Å². The lowest BCUT2D eigenvalue weighted by molar-refractivity contribution is -0.161. The molecule has 2 aliphatic heterocycles. The van der Waals surface area contributed by atoms with E-state index in [0.29, 0.717) is 25.6 Å². The zero-order chi connectivity index (χ0) is 12.6. The third-order valence-corrected chi connectivity index (χ3v) is 3.53. The van der Waals surface area contributed by atoms with E-state index in [9.17, 15) is 4.79 Å². The minimum absolute atomic E-state index is 0.0763. The Labute approximate surface area is 105 Å². The molecule has 2 fully saturated rings. The number of aryl methyl sites for hydroxylation is 1. The second-order valence-corrected chi connectivity index (χ2v) is 4.80. The van der Waals surface area contributed by atoms with Crippen molar-refractivity contribution >= 4 is 5.82 Å². The third-order valence-electron chi connectivity index (χ3n) is 3.53. The third kappa shape index (κ3) is 1.91. The van der Waals surface area contributed by atoms with Crippen LogP contribution in [-0.4, -0.2) is 41.6 Å². The summed E-state index contributed by atoms with van der Waals surface area (Å²) in [5.41, 5.74) is -0.0763. The standard InChI is InChI=1S/C12H17N3O3/c1-14-6-4-13-10(11(14)16)15-5-2-3-12(9-15)17-7-8-18-12/h4,6H,2-3,5,7-9H2,1H3. The average molecular weight is 251 g/mol. The van der Waals surface area contributed by atoms with Crippen LogP contribution in [0.4, 0.5) is 5.82 Å². The van der Waals surface area contributed by atoms with Crippen LogP contribution in [0, 0.1) is 0 Å². The van der Waals surface area contributed by atoms with Gasteiger partial charge in [0.2, 0.25) is 0 Å². The quantitative estimate of drug-likeness (QED) is 0.710. The zero-order valence-electron chi connectivity index (χ0n) is 10.5. The first kappa shape index (κ1) is 11.7. The number of hydrogen-bond acceptors (Lipinski definition) is 5. The van der Waals surface area contributed by atoms with Gasteiger partial charge in [-0.3, -0.25) is 4.79 Å². The SMILES string of the molecule is Cn1ccnc(N2CCCC3(C2)OCCO3)c1=O. The first-order chi connectivity index (χ1) is 8.70. The number of piperidine rings is 1. The molecule has 0 aliphatic carbocycles. The summed E-state index contributed by atoms with van der Waals surface area (Å²) in [6, 6.07) is 0. The van der Waals surface area contributed by atoms with E-state index in [4.69, 9.17) is 9.47 Å². The fraction of sp³-hybridized carbons (Fsp3) is 0.667. The summed E-state index contributed by atoms with van der Waals surface area (Å²) in [6.45, 7) is 2.67. The van der Waals surface area contributed by atoms with Crippen molar-refractivity contribution in [2.75, 3.05) is 31.2 Å². The molecular weight excluding hydrogens is 234 g/mol. The fourth-order valence-corrected chi connectivity index (χ4v) is 2.60. The molecule has 0 aromatic carbocycles. The molecule has 0 amide bonds. The molecule has 0 atom stereocenters. The Morgan fingerprint density at radius 1 is 1.39 bits per heavy atom. The molecular formula is C12H17N3O3. The lowest BCUT2D eigenvalue weighted by atomic mass is 10.0. The summed E-state index contributed by atoms with van der Waals surface area (Å²) in [6.07, 6.45) is 5.14. The highest BCUT2D eigenvalue weighted by Gasteiger charge is 2.41. The second-order valence-electron chi connectivity index (χ2n) is 4.80. The van der Waals surface area contributed by atoms with E-state index in [2.05, 4.69) is 4.98 Å². The van der Waals surface area contributed by atoms with Crippen LogP contribution in [0.2, 0.25) is 0 Å². The molecule has 0 bridgehead atoms. The van der Waals surface area contributed by atoms with Crippen molar-refractivity contribution in [3.8, 4) is 0 Å². The van der Waals surface area contributed by atoms with Gasteiger partial charge < -0.3 is 18.9 Å².